The topological polar surface area (TPSA) is 63.3 Å². The summed E-state index contributed by atoms with van der Waals surface area (Å²) in [5.41, 5.74) is 4.89. The molecule has 0 bridgehead atoms. The minimum absolute atomic E-state index is 0.260. The zero-order chi connectivity index (χ0) is 7.94. The third-order valence-electron chi connectivity index (χ3n) is 1.72. The van der Waals surface area contributed by atoms with Gasteiger partial charge in [0, 0.05) is 6.54 Å². The van der Waals surface area contributed by atoms with E-state index in [4.69, 9.17) is 10.8 Å². The third kappa shape index (κ3) is 0.775. The molecule has 0 aromatic carbocycles. The predicted octanol–water partition coefficient (Wildman–Crippen LogP) is -0.0890. The third-order valence-corrected chi connectivity index (χ3v) is 1.72. The van der Waals surface area contributed by atoms with Gasteiger partial charge in [0.05, 0.1) is 5.92 Å². The van der Waals surface area contributed by atoms with Crippen molar-refractivity contribution < 1.29 is 18.7 Å². The maximum absolute atomic E-state index is 12.3. The zero-order valence-corrected chi connectivity index (χ0v) is 5.05. The lowest BCUT2D eigenvalue weighted by Gasteiger charge is -1.87. The van der Waals surface area contributed by atoms with Crippen LogP contribution in [-0.4, -0.2) is 23.5 Å². The molecule has 1 aliphatic rings. The quantitative estimate of drug-likeness (QED) is 0.579. The minimum Gasteiger partial charge on any atom is -0.481 e. The lowest BCUT2D eigenvalue weighted by Crippen LogP contribution is -2.07. The molecule has 1 fully saturated rings. The summed E-state index contributed by atoms with van der Waals surface area (Å²) in [7, 11) is 0. The molecular formula is C5H7F2NO2. The first-order chi connectivity index (χ1) is 4.51. The smallest absolute Gasteiger partial charge is 0.313 e. The van der Waals surface area contributed by atoms with E-state index in [1.807, 2.05) is 0 Å². The molecule has 1 saturated carbocycles. The first kappa shape index (κ1) is 7.40. The Bertz CT molecular complexity index is 171. The normalized spacial score (nSPS) is 35.5. The van der Waals surface area contributed by atoms with Gasteiger partial charge in [0.25, 0.3) is 5.92 Å². The molecule has 10 heavy (non-hydrogen) atoms. The van der Waals surface area contributed by atoms with E-state index in [1.54, 1.807) is 0 Å². The van der Waals surface area contributed by atoms with Crippen molar-refractivity contribution in [2.45, 2.75) is 5.92 Å². The molecule has 0 unspecified atom stereocenters. The van der Waals surface area contributed by atoms with Gasteiger partial charge in [-0.05, 0) is 0 Å². The van der Waals surface area contributed by atoms with Gasteiger partial charge < -0.3 is 10.8 Å². The van der Waals surface area contributed by atoms with Gasteiger partial charge in [0.15, 0.2) is 0 Å². The number of alkyl halides is 2. The largest absolute Gasteiger partial charge is 0.481 e. The van der Waals surface area contributed by atoms with Gasteiger partial charge in [-0.3, -0.25) is 4.79 Å². The second kappa shape index (κ2) is 1.88. The number of aliphatic carboxylic acids is 1. The summed E-state index contributed by atoms with van der Waals surface area (Å²) in [6, 6.07) is 0. The summed E-state index contributed by atoms with van der Waals surface area (Å²) < 4.78 is 24.5. The van der Waals surface area contributed by atoms with Crippen LogP contribution < -0.4 is 5.73 Å². The average molecular weight is 151 g/mol. The van der Waals surface area contributed by atoms with Crippen LogP contribution in [0.4, 0.5) is 8.78 Å². The number of halogens is 2. The number of hydrogen-bond donors (Lipinski definition) is 2. The molecule has 0 heterocycles. The Balaban J connectivity index is 2.61. The molecule has 0 radical (unpaired) electrons. The Morgan fingerprint density at radius 3 is 2.30 bits per heavy atom. The Morgan fingerprint density at radius 2 is 2.20 bits per heavy atom. The van der Waals surface area contributed by atoms with E-state index in [-0.39, 0.29) is 6.54 Å². The van der Waals surface area contributed by atoms with Gasteiger partial charge >= 0.3 is 5.97 Å². The van der Waals surface area contributed by atoms with Crippen molar-refractivity contribution >= 4 is 5.97 Å². The van der Waals surface area contributed by atoms with Crippen LogP contribution in [0.25, 0.3) is 0 Å². The molecule has 5 heteroatoms. The Morgan fingerprint density at radius 1 is 1.70 bits per heavy atom. The summed E-state index contributed by atoms with van der Waals surface area (Å²) in [5, 5.41) is 8.15. The van der Waals surface area contributed by atoms with E-state index in [1.165, 1.54) is 0 Å². The summed E-state index contributed by atoms with van der Waals surface area (Å²) in [4.78, 5) is 10.0. The van der Waals surface area contributed by atoms with E-state index in [9.17, 15) is 13.6 Å². The van der Waals surface area contributed by atoms with Crippen molar-refractivity contribution in [1.82, 2.24) is 0 Å². The molecule has 58 valence electrons. The fraction of sp³-hybridized carbons (Fsp3) is 0.800. The number of carboxylic acids is 1. The maximum atomic E-state index is 12.3. The fourth-order valence-corrected chi connectivity index (χ4v) is 1.02. The van der Waals surface area contributed by atoms with E-state index < -0.39 is 23.7 Å². The van der Waals surface area contributed by atoms with E-state index in [0.717, 1.165) is 0 Å². The van der Waals surface area contributed by atoms with Crippen molar-refractivity contribution in [3.63, 3.8) is 0 Å². The van der Waals surface area contributed by atoms with Gasteiger partial charge in [-0.2, -0.15) is 0 Å². The van der Waals surface area contributed by atoms with Crippen molar-refractivity contribution in [3.8, 4) is 0 Å². The first-order valence-corrected chi connectivity index (χ1v) is 2.82. The number of rotatable bonds is 2. The predicted molar refractivity (Wildman–Crippen MR) is 28.6 cm³/mol. The highest BCUT2D eigenvalue weighted by molar-refractivity contribution is 5.76. The van der Waals surface area contributed by atoms with Crippen molar-refractivity contribution in [1.29, 1.82) is 0 Å². The van der Waals surface area contributed by atoms with Crippen LogP contribution in [0, 0.1) is 11.8 Å². The van der Waals surface area contributed by atoms with Crippen LogP contribution in [0.15, 0.2) is 0 Å². The maximum Gasteiger partial charge on any atom is 0.313 e. The van der Waals surface area contributed by atoms with Gasteiger partial charge in [0.1, 0.15) is 5.92 Å². The molecule has 0 saturated heterocycles. The number of hydrogen-bond acceptors (Lipinski definition) is 2. The highest BCUT2D eigenvalue weighted by Crippen LogP contribution is 2.54. The van der Waals surface area contributed by atoms with Gasteiger partial charge in [-0.1, -0.05) is 0 Å². The van der Waals surface area contributed by atoms with Crippen LogP contribution in [0.1, 0.15) is 0 Å². The molecule has 0 aliphatic heterocycles. The summed E-state index contributed by atoms with van der Waals surface area (Å²) >= 11 is 0. The van der Waals surface area contributed by atoms with Gasteiger partial charge in [-0.25, -0.2) is 8.78 Å². The Hall–Kier alpha value is -0.710. The van der Waals surface area contributed by atoms with Crippen molar-refractivity contribution in [3.05, 3.63) is 0 Å². The van der Waals surface area contributed by atoms with E-state index >= 15 is 0 Å². The van der Waals surface area contributed by atoms with Crippen LogP contribution in [-0.2, 0) is 4.79 Å². The molecule has 0 aromatic rings. The molecule has 0 aromatic heterocycles. The SMILES string of the molecule is NC[C@H]1[C@@H](C(=O)O)C1(F)F. The summed E-state index contributed by atoms with van der Waals surface area (Å²) in [5.74, 6) is -7.22. The molecule has 3 N–H and O–H groups in total. The van der Waals surface area contributed by atoms with Gasteiger partial charge in [0.2, 0.25) is 0 Å². The second-order valence-electron chi connectivity index (χ2n) is 2.33. The van der Waals surface area contributed by atoms with E-state index in [0.29, 0.717) is 0 Å². The highest BCUT2D eigenvalue weighted by atomic mass is 19.3. The van der Waals surface area contributed by atoms with Crippen LogP contribution in [0.2, 0.25) is 0 Å². The van der Waals surface area contributed by atoms with Crippen LogP contribution in [0.5, 0.6) is 0 Å². The second-order valence-corrected chi connectivity index (χ2v) is 2.33. The number of carboxylic acid groups (broad SMARTS) is 1. The Kier molecular flexibility index (Phi) is 1.39. The molecule has 1 rings (SSSR count). The molecule has 0 amide bonds. The standard InChI is InChI=1S/C5H7F2NO2/c6-5(7)2(1-8)3(5)4(9)10/h2-3H,1,8H2,(H,9,10)/t2-,3-/m0/s1. The van der Waals surface area contributed by atoms with Crippen molar-refractivity contribution in [2.24, 2.45) is 17.6 Å². The highest BCUT2D eigenvalue weighted by Gasteiger charge is 2.71. The lowest BCUT2D eigenvalue weighted by molar-refractivity contribution is -0.140. The number of nitrogens with two attached hydrogens (primary N) is 1. The molecule has 1 aliphatic carbocycles. The molecule has 2 atom stereocenters. The minimum atomic E-state index is -3.07. The molecule has 0 spiro atoms. The molecule has 3 nitrogen and oxygen atoms in total. The summed E-state index contributed by atoms with van der Waals surface area (Å²) in [6.45, 7) is -0.260. The first-order valence-electron chi connectivity index (χ1n) is 2.82. The fourth-order valence-electron chi connectivity index (χ4n) is 1.02. The van der Waals surface area contributed by atoms with Crippen LogP contribution in [0.3, 0.4) is 0 Å². The summed E-state index contributed by atoms with van der Waals surface area (Å²) in [6.07, 6.45) is 0. The lowest BCUT2D eigenvalue weighted by atomic mass is 10.3. The molecular weight excluding hydrogens is 144 g/mol. The zero-order valence-electron chi connectivity index (χ0n) is 5.05. The average Bonchev–Trinajstić information content (AvgIpc) is 2.33. The number of carbonyl (C=O) groups is 1. The van der Waals surface area contributed by atoms with E-state index in [2.05, 4.69) is 0 Å². The Labute approximate surface area is 55.8 Å². The van der Waals surface area contributed by atoms with Crippen LogP contribution >= 0.6 is 0 Å². The van der Waals surface area contributed by atoms with Gasteiger partial charge in [-0.15, -0.1) is 0 Å². The van der Waals surface area contributed by atoms with Crippen molar-refractivity contribution in [2.75, 3.05) is 6.54 Å². The monoisotopic (exact) mass is 151 g/mol.